The van der Waals surface area contributed by atoms with Gasteiger partial charge in [-0.25, -0.2) is 0 Å². The van der Waals surface area contributed by atoms with E-state index in [0.717, 1.165) is 22.3 Å². The molecule has 0 atom stereocenters. The molecule has 1 heterocycles. The predicted octanol–water partition coefficient (Wildman–Crippen LogP) is 3.20. The summed E-state index contributed by atoms with van der Waals surface area (Å²) in [6.45, 7) is 6.75. The van der Waals surface area contributed by atoms with E-state index in [4.69, 9.17) is 4.74 Å². The van der Waals surface area contributed by atoms with Gasteiger partial charge in [-0.1, -0.05) is 43.8 Å². The molecule has 19 heavy (non-hydrogen) atoms. The van der Waals surface area contributed by atoms with Crippen LogP contribution in [0, 0.1) is 6.92 Å². The average Bonchev–Trinajstić information content (AvgIpc) is 2.69. The first-order valence-electron chi connectivity index (χ1n) is 6.31. The third kappa shape index (κ3) is 3.50. The van der Waals surface area contributed by atoms with Crippen molar-refractivity contribution >= 4 is 11.8 Å². The van der Waals surface area contributed by atoms with Crippen LogP contribution in [0.5, 0.6) is 5.75 Å². The molecule has 102 valence electrons. The van der Waals surface area contributed by atoms with Crippen LogP contribution in [0.2, 0.25) is 0 Å². The number of nitrogens with zero attached hydrogens (tertiary/aromatic N) is 3. The number of hydrogen-bond acceptors (Lipinski definition) is 4. The van der Waals surface area contributed by atoms with E-state index in [9.17, 15) is 0 Å². The number of benzene rings is 1. The van der Waals surface area contributed by atoms with E-state index in [1.165, 1.54) is 0 Å². The van der Waals surface area contributed by atoms with Crippen LogP contribution in [0.3, 0.4) is 0 Å². The Morgan fingerprint density at radius 1 is 1.26 bits per heavy atom. The Kier molecular flexibility index (Phi) is 4.47. The second kappa shape index (κ2) is 6.10. The van der Waals surface area contributed by atoms with Gasteiger partial charge in [0.15, 0.2) is 11.0 Å². The van der Waals surface area contributed by atoms with Gasteiger partial charge in [0.1, 0.15) is 12.4 Å². The van der Waals surface area contributed by atoms with Crippen molar-refractivity contribution in [2.45, 2.75) is 37.8 Å². The van der Waals surface area contributed by atoms with Crippen molar-refractivity contribution in [3.05, 3.63) is 35.7 Å². The van der Waals surface area contributed by atoms with Crippen LogP contribution < -0.4 is 4.74 Å². The van der Waals surface area contributed by atoms with Gasteiger partial charge in [0.25, 0.3) is 0 Å². The third-order valence-electron chi connectivity index (χ3n) is 2.72. The Bertz CT molecular complexity index is 551. The smallest absolute Gasteiger partial charge is 0.191 e. The fourth-order valence-electron chi connectivity index (χ4n) is 1.64. The molecule has 5 heteroatoms. The van der Waals surface area contributed by atoms with Gasteiger partial charge in [0.05, 0.1) is 0 Å². The van der Waals surface area contributed by atoms with Gasteiger partial charge < -0.3 is 9.30 Å². The number of hydrogen-bond donors (Lipinski definition) is 0. The van der Waals surface area contributed by atoms with Crippen LogP contribution in [-0.4, -0.2) is 20.0 Å². The summed E-state index contributed by atoms with van der Waals surface area (Å²) in [4.78, 5) is 0. The van der Waals surface area contributed by atoms with Gasteiger partial charge >= 0.3 is 0 Å². The van der Waals surface area contributed by atoms with Crippen molar-refractivity contribution in [1.29, 1.82) is 0 Å². The second-order valence-corrected chi connectivity index (χ2v) is 6.22. The van der Waals surface area contributed by atoms with Crippen LogP contribution in [0.25, 0.3) is 0 Å². The van der Waals surface area contributed by atoms with Crippen molar-refractivity contribution in [2.75, 3.05) is 0 Å². The molecule has 2 aromatic rings. The van der Waals surface area contributed by atoms with Crippen molar-refractivity contribution in [3.8, 4) is 5.75 Å². The van der Waals surface area contributed by atoms with Crippen molar-refractivity contribution < 1.29 is 4.74 Å². The van der Waals surface area contributed by atoms with Gasteiger partial charge in [-0.3, -0.25) is 0 Å². The largest absolute Gasteiger partial charge is 0.485 e. The van der Waals surface area contributed by atoms with Gasteiger partial charge in [-0.15, -0.1) is 10.2 Å². The Morgan fingerprint density at radius 3 is 2.68 bits per heavy atom. The summed E-state index contributed by atoms with van der Waals surface area (Å²) in [5, 5.41) is 9.79. The second-order valence-electron chi connectivity index (χ2n) is 4.68. The van der Waals surface area contributed by atoms with Crippen LogP contribution in [0.1, 0.15) is 25.2 Å². The number of para-hydroxylation sites is 1. The number of ether oxygens (including phenoxy) is 1. The highest BCUT2D eigenvalue weighted by atomic mass is 32.2. The van der Waals surface area contributed by atoms with Crippen molar-refractivity contribution in [1.82, 2.24) is 14.8 Å². The molecule has 0 amide bonds. The third-order valence-corrected chi connectivity index (χ3v) is 3.75. The zero-order valence-electron chi connectivity index (χ0n) is 11.8. The minimum absolute atomic E-state index is 0.438. The molecule has 0 saturated carbocycles. The zero-order valence-corrected chi connectivity index (χ0v) is 12.6. The zero-order chi connectivity index (χ0) is 13.8. The first kappa shape index (κ1) is 13.9. The lowest BCUT2D eigenvalue weighted by molar-refractivity contribution is 0.288. The molecule has 0 spiro atoms. The van der Waals surface area contributed by atoms with Gasteiger partial charge in [-0.2, -0.15) is 0 Å². The van der Waals surface area contributed by atoms with Gasteiger partial charge in [-0.05, 0) is 18.6 Å². The van der Waals surface area contributed by atoms with E-state index in [0.29, 0.717) is 11.9 Å². The topological polar surface area (TPSA) is 39.9 Å². The first-order chi connectivity index (χ1) is 9.08. The maximum Gasteiger partial charge on any atom is 0.191 e. The minimum atomic E-state index is 0.438. The monoisotopic (exact) mass is 277 g/mol. The van der Waals surface area contributed by atoms with E-state index in [1.807, 2.05) is 42.8 Å². The molecule has 0 saturated heterocycles. The molecular weight excluding hydrogens is 258 g/mol. The van der Waals surface area contributed by atoms with E-state index >= 15 is 0 Å². The molecule has 0 aliphatic rings. The normalized spacial score (nSPS) is 11.0. The molecule has 0 aliphatic carbocycles. The summed E-state index contributed by atoms with van der Waals surface area (Å²) >= 11 is 1.70. The summed E-state index contributed by atoms with van der Waals surface area (Å²) < 4.78 is 7.78. The standard InChI is InChI=1S/C14H19N3OS/c1-10(2)19-14-16-15-13(17(14)4)9-18-12-8-6-5-7-11(12)3/h5-8,10H,9H2,1-4H3. The summed E-state index contributed by atoms with van der Waals surface area (Å²) in [5.74, 6) is 1.73. The highest BCUT2D eigenvalue weighted by Gasteiger charge is 2.11. The molecule has 0 radical (unpaired) electrons. The first-order valence-corrected chi connectivity index (χ1v) is 7.19. The fourth-order valence-corrected chi connectivity index (χ4v) is 2.42. The molecular formula is C14H19N3OS. The molecule has 0 fully saturated rings. The van der Waals surface area contributed by atoms with Gasteiger partial charge in [0.2, 0.25) is 0 Å². The van der Waals surface area contributed by atoms with Crippen LogP contribution >= 0.6 is 11.8 Å². The molecule has 0 aliphatic heterocycles. The molecule has 1 aromatic heterocycles. The summed E-state index contributed by atoms with van der Waals surface area (Å²) in [6.07, 6.45) is 0. The van der Waals surface area contributed by atoms with E-state index in [2.05, 4.69) is 24.0 Å². The van der Waals surface area contributed by atoms with E-state index < -0.39 is 0 Å². The van der Waals surface area contributed by atoms with E-state index in [1.54, 1.807) is 11.8 Å². The van der Waals surface area contributed by atoms with Crippen LogP contribution in [0.15, 0.2) is 29.4 Å². The number of aromatic nitrogens is 3. The highest BCUT2D eigenvalue weighted by molar-refractivity contribution is 7.99. The lowest BCUT2D eigenvalue weighted by Gasteiger charge is -2.09. The van der Waals surface area contributed by atoms with Crippen LogP contribution in [-0.2, 0) is 13.7 Å². The molecule has 0 N–H and O–H groups in total. The maximum absolute atomic E-state index is 5.79. The predicted molar refractivity (Wildman–Crippen MR) is 77.5 cm³/mol. The average molecular weight is 277 g/mol. The highest BCUT2D eigenvalue weighted by Crippen LogP contribution is 2.22. The van der Waals surface area contributed by atoms with Crippen molar-refractivity contribution in [2.24, 2.45) is 7.05 Å². The van der Waals surface area contributed by atoms with Gasteiger partial charge in [0, 0.05) is 12.3 Å². The quantitative estimate of drug-likeness (QED) is 0.787. The van der Waals surface area contributed by atoms with E-state index in [-0.39, 0.29) is 0 Å². The lowest BCUT2D eigenvalue weighted by atomic mass is 10.2. The SMILES string of the molecule is Cc1ccccc1OCc1nnc(SC(C)C)n1C. The Labute approximate surface area is 118 Å². The molecule has 4 nitrogen and oxygen atoms in total. The number of aryl methyl sites for hydroxylation is 1. The fraction of sp³-hybridized carbons (Fsp3) is 0.429. The Morgan fingerprint density at radius 2 is 2.00 bits per heavy atom. The Hall–Kier alpha value is -1.49. The van der Waals surface area contributed by atoms with Crippen LogP contribution in [0.4, 0.5) is 0 Å². The summed E-state index contributed by atoms with van der Waals surface area (Å²) in [6, 6.07) is 7.97. The number of rotatable bonds is 5. The molecule has 0 unspecified atom stereocenters. The summed E-state index contributed by atoms with van der Waals surface area (Å²) in [5.41, 5.74) is 1.13. The summed E-state index contributed by atoms with van der Waals surface area (Å²) in [7, 11) is 1.97. The molecule has 2 rings (SSSR count). The number of thioether (sulfide) groups is 1. The Balaban J connectivity index is 2.04. The maximum atomic E-state index is 5.79. The minimum Gasteiger partial charge on any atom is -0.485 e. The van der Waals surface area contributed by atoms with Crippen molar-refractivity contribution in [3.63, 3.8) is 0 Å². The molecule has 0 bridgehead atoms. The lowest BCUT2D eigenvalue weighted by Crippen LogP contribution is -2.05. The molecule has 1 aromatic carbocycles.